The molecular weight excluding hydrogens is 406 g/mol. The molecule has 0 radical (unpaired) electrons. The van der Waals surface area contributed by atoms with Crippen LogP contribution in [0.25, 0.3) is 0 Å². The zero-order valence-corrected chi connectivity index (χ0v) is 19.1. The van der Waals surface area contributed by atoms with E-state index in [1.165, 1.54) is 0 Å². The van der Waals surface area contributed by atoms with E-state index >= 15 is 0 Å². The van der Waals surface area contributed by atoms with Gasteiger partial charge in [-0.3, -0.25) is 14.3 Å². The van der Waals surface area contributed by atoms with Crippen LogP contribution >= 0.6 is 0 Å². The summed E-state index contributed by atoms with van der Waals surface area (Å²) in [5.41, 5.74) is 5.49. The first-order chi connectivity index (χ1) is 15.3. The molecule has 3 heterocycles. The lowest BCUT2D eigenvalue weighted by Crippen LogP contribution is -2.51. The van der Waals surface area contributed by atoms with Gasteiger partial charge in [-0.05, 0) is 51.5 Å². The standard InChI is InChI=1S/C24H29N5O3/c1-16-13-17(2)29(25-16)15-20-5-7-21(8-6-20)24(31)28-11-9-27(10-12-28)23(30)14-22-18(3)26-32-19(22)4/h5-8,13H,9-12,14-15H2,1-4H3. The van der Waals surface area contributed by atoms with Gasteiger partial charge in [0.25, 0.3) is 5.91 Å². The third kappa shape index (κ3) is 4.59. The van der Waals surface area contributed by atoms with Crippen LogP contribution in [0.15, 0.2) is 34.9 Å². The van der Waals surface area contributed by atoms with E-state index < -0.39 is 0 Å². The molecule has 0 aliphatic carbocycles. The van der Waals surface area contributed by atoms with Gasteiger partial charge >= 0.3 is 0 Å². The lowest BCUT2D eigenvalue weighted by molar-refractivity contribution is -0.131. The van der Waals surface area contributed by atoms with Crippen molar-refractivity contribution in [1.82, 2.24) is 24.7 Å². The van der Waals surface area contributed by atoms with E-state index in [0.29, 0.717) is 44.0 Å². The fraction of sp³-hybridized carbons (Fsp3) is 0.417. The Morgan fingerprint density at radius 2 is 1.62 bits per heavy atom. The molecule has 0 bridgehead atoms. The van der Waals surface area contributed by atoms with Gasteiger partial charge in [-0.1, -0.05) is 17.3 Å². The third-order valence-corrected chi connectivity index (χ3v) is 6.07. The molecule has 1 aliphatic rings. The first-order valence-corrected chi connectivity index (χ1v) is 10.9. The van der Waals surface area contributed by atoms with Crippen molar-refractivity contribution in [2.24, 2.45) is 0 Å². The zero-order valence-electron chi connectivity index (χ0n) is 19.1. The van der Waals surface area contributed by atoms with Gasteiger partial charge in [-0.25, -0.2) is 0 Å². The van der Waals surface area contributed by atoms with Crippen molar-refractivity contribution in [3.05, 3.63) is 69.9 Å². The summed E-state index contributed by atoms with van der Waals surface area (Å²) < 4.78 is 7.11. The maximum absolute atomic E-state index is 12.9. The van der Waals surface area contributed by atoms with Crippen LogP contribution in [0, 0.1) is 27.7 Å². The predicted molar refractivity (Wildman–Crippen MR) is 119 cm³/mol. The summed E-state index contributed by atoms with van der Waals surface area (Å²) in [7, 11) is 0. The minimum absolute atomic E-state index is 0.000451. The first kappa shape index (κ1) is 21.8. The Morgan fingerprint density at radius 1 is 0.969 bits per heavy atom. The molecule has 1 aromatic carbocycles. The van der Waals surface area contributed by atoms with Gasteiger partial charge in [-0.15, -0.1) is 0 Å². The first-order valence-electron chi connectivity index (χ1n) is 10.9. The Bertz CT molecular complexity index is 1100. The molecule has 8 heteroatoms. The highest BCUT2D eigenvalue weighted by Crippen LogP contribution is 2.16. The van der Waals surface area contributed by atoms with Crippen molar-refractivity contribution in [2.75, 3.05) is 26.2 Å². The van der Waals surface area contributed by atoms with E-state index in [0.717, 1.165) is 28.2 Å². The van der Waals surface area contributed by atoms with Crippen LogP contribution in [0.4, 0.5) is 0 Å². The molecule has 2 aromatic heterocycles. The molecule has 32 heavy (non-hydrogen) atoms. The number of hydrogen-bond acceptors (Lipinski definition) is 5. The predicted octanol–water partition coefficient (Wildman–Crippen LogP) is 2.68. The zero-order chi connectivity index (χ0) is 22.8. The number of carbonyl (C=O) groups is 2. The average molecular weight is 436 g/mol. The summed E-state index contributed by atoms with van der Waals surface area (Å²) in [4.78, 5) is 29.2. The highest BCUT2D eigenvalue weighted by atomic mass is 16.5. The maximum Gasteiger partial charge on any atom is 0.253 e. The van der Waals surface area contributed by atoms with Crippen LogP contribution in [-0.4, -0.2) is 62.7 Å². The summed E-state index contributed by atoms with van der Waals surface area (Å²) in [5, 5.41) is 8.41. The molecule has 3 aromatic rings. The van der Waals surface area contributed by atoms with E-state index in [4.69, 9.17) is 4.52 Å². The monoisotopic (exact) mass is 435 g/mol. The molecule has 1 fully saturated rings. The Hall–Kier alpha value is -3.42. The van der Waals surface area contributed by atoms with Crippen LogP contribution in [0.5, 0.6) is 0 Å². The number of benzene rings is 1. The fourth-order valence-electron chi connectivity index (χ4n) is 4.12. The van der Waals surface area contributed by atoms with Gasteiger partial charge in [0, 0.05) is 43.0 Å². The third-order valence-electron chi connectivity index (χ3n) is 6.07. The molecule has 0 unspecified atom stereocenters. The average Bonchev–Trinajstić information content (AvgIpc) is 3.28. The van der Waals surface area contributed by atoms with Crippen molar-refractivity contribution < 1.29 is 14.1 Å². The number of carbonyl (C=O) groups excluding carboxylic acids is 2. The number of piperazine rings is 1. The summed E-state index contributed by atoms with van der Waals surface area (Å²) >= 11 is 0. The quantitative estimate of drug-likeness (QED) is 0.615. The van der Waals surface area contributed by atoms with Gasteiger partial charge in [0.15, 0.2) is 0 Å². The molecule has 0 saturated carbocycles. The molecule has 0 atom stereocenters. The van der Waals surface area contributed by atoms with Gasteiger partial charge < -0.3 is 14.3 Å². The SMILES string of the molecule is Cc1cc(C)n(Cc2ccc(C(=O)N3CCN(C(=O)Cc4c(C)noc4C)CC3)cc2)n1. The van der Waals surface area contributed by atoms with Gasteiger partial charge in [-0.2, -0.15) is 5.10 Å². The molecule has 2 amide bonds. The second-order valence-electron chi connectivity index (χ2n) is 8.43. The maximum atomic E-state index is 12.9. The summed E-state index contributed by atoms with van der Waals surface area (Å²) in [5.74, 6) is 0.728. The number of aromatic nitrogens is 3. The van der Waals surface area contributed by atoms with Gasteiger partial charge in [0.2, 0.25) is 5.91 Å². The van der Waals surface area contributed by atoms with Gasteiger partial charge in [0.1, 0.15) is 5.76 Å². The molecule has 168 valence electrons. The molecule has 0 spiro atoms. The van der Waals surface area contributed by atoms with Crippen molar-refractivity contribution >= 4 is 11.8 Å². The van der Waals surface area contributed by atoms with Crippen LogP contribution < -0.4 is 0 Å². The fourth-order valence-corrected chi connectivity index (χ4v) is 4.12. The van der Waals surface area contributed by atoms with Crippen LogP contribution in [0.3, 0.4) is 0 Å². The minimum atomic E-state index is 0.000451. The van der Waals surface area contributed by atoms with Crippen molar-refractivity contribution in [1.29, 1.82) is 0 Å². The van der Waals surface area contributed by atoms with E-state index in [-0.39, 0.29) is 18.2 Å². The van der Waals surface area contributed by atoms with Crippen molar-refractivity contribution in [3.8, 4) is 0 Å². The molecule has 1 saturated heterocycles. The summed E-state index contributed by atoms with van der Waals surface area (Å²) in [6.45, 7) is 10.5. The van der Waals surface area contributed by atoms with Crippen LogP contribution in [0.1, 0.15) is 44.3 Å². The van der Waals surface area contributed by atoms with Crippen LogP contribution in [-0.2, 0) is 17.8 Å². The van der Waals surface area contributed by atoms with Gasteiger partial charge in [0.05, 0.1) is 24.4 Å². The minimum Gasteiger partial charge on any atom is -0.361 e. The molecule has 8 nitrogen and oxygen atoms in total. The second-order valence-corrected chi connectivity index (χ2v) is 8.43. The van der Waals surface area contributed by atoms with Crippen molar-refractivity contribution in [2.45, 2.75) is 40.7 Å². The van der Waals surface area contributed by atoms with Crippen molar-refractivity contribution in [3.63, 3.8) is 0 Å². The number of hydrogen-bond donors (Lipinski definition) is 0. The van der Waals surface area contributed by atoms with E-state index in [2.05, 4.69) is 16.3 Å². The Balaban J connectivity index is 1.32. The number of amides is 2. The Labute approximate surface area is 187 Å². The normalized spacial score (nSPS) is 14.1. The van der Waals surface area contributed by atoms with E-state index in [1.807, 2.05) is 66.4 Å². The molecule has 1 aliphatic heterocycles. The highest BCUT2D eigenvalue weighted by Gasteiger charge is 2.26. The Morgan fingerprint density at radius 3 is 2.19 bits per heavy atom. The Kier molecular flexibility index (Phi) is 6.12. The molecular formula is C24H29N5O3. The number of nitrogens with zero attached hydrogens (tertiary/aromatic N) is 5. The summed E-state index contributed by atoms with van der Waals surface area (Å²) in [6, 6.07) is 9.76. The molecule has 0 N–H and O–H groups in total. The highest BCUT2D eigenvalue weighted by molar-refractivity contribution is 5.94. The van der Waals surface area contributed by atoms with E-state index in [9.17, 15) is 9.59 Å². The topological polar surface area (TPSA) is 84.5 Å². The largest absolute Gasteiger partial charge is 0.361 e. The molecule has 4 rings (SSSR count). The number of rotatable bonds is 5. The number of aryl methyl sites for hydroxylation is 4. The smallest absolute Gasteiger partial charge is 0.253 e. The van der Waals surface area contributed by atoms with Crippen LogP contribution in [0.2, 0.25) is 0 Å². The lowest BCUT2D eigenvalue weighted by atomic mass is 10.1. The van der Waals surface area contributed by atoms with E-state index in [1.54, 1.807) is 0 Å². The lowest BCUT2D eigenvalue weighted by Gasteiger charge is -2.35. The summed E-state index contributed by atoms with van der Waals surface area (Å²) in [6.07, 6.45) is 0.284. The second kappa shape index (κ2) is 8.98.